The molecule has 1 aliphatic rings. The van der Waals surface area contributed by atoms with Gasteiger partial charge in [0.2, 0.25) is 0 Å². The third-order valence-electron chi connectivity index (χ3n) is 2.13. The number of nitriles is 1. The van der Waals surface area contributed by atoms with E-state index in [0.29, 0.717) is 0 Å². The fraction of sp³-hybridized carbons (Fsp3) is 0.556. The van der Waals surface area contributed by atoms with Gasteiger partial charge in [-0.05, 0) is 6.92 Å². The van der Waals surface area contributed by atoms with E-state index in [1.54, 1.807) is 0 Å². The van der Waals surface area contributed by atoms with Crippen molar-refractivity contribution in [3.8, 4) is 6.07 Å². The van der Waals surface area contributed by atoms with E-state index in [4.69, 9.17) is 5.26 Å². The minimum Gasteiger partial charge on any atom is -0.299 e. The zero-order valence-electron chi connectivity index (χ0n) is 7.24. The lowest BCUT2D eigenvalue weighted by Crippen LogP contribution is -2.37. The van der Waals surface area contributed by atoms with Crippen LogP contribution in [-0.2, 0) is 14.4 Å². The maximum Gasteiger partial charge on any atom is 0.152 e. The third-order valence-corrected chi connectivity index (χ3v) is 2.13. The molecule has 1 rings (SSSR count). The molecule has 68 valence electrons. The first-order valence-corrected chi connectivity index (χ1v) is 4.01. The molecule has 0 radical (unpaired) electrons. The highest BCUT2D eigenvalue weighted by Gasteiger charge is 2.38. The molecule has 0 unspecified atom stereocenters. The van der Waals surface area contributed by atoms with Crippen LogP contribution in [0.1, 0.15) is 19.8 Å². The van der Waals surface area contributed by atoms with Crippen molar-refractivity contribution in [1.82, 2.24) is 0 Å². The molecule has 1 saturated carbocycles. The molecule has 0 aromatic carbocycles. The lowest BCUT2D eigenvalue weighted by Gasteiger charge is -2.19. The Kier molecular flexibility index (Phi) is 2.57. The molecule has 13 heavy (non-hydrogen) atoms. The first kappa shape index (κ1) is 9.59. The van der Waals surface area contributed by atoms with Crippen molar-refractivity contribution in [2.24, 2.45) is 11.8 Å². The molecule has 0 aromatic heterocycles. The normalized spacial score (nSPS) is 28.3. The molecule has 0 spiro atoms. The summed E-state index contributed by atoms with van der Waals surface area (Å²) in [7, 11) is 0. The van der Waals surface area contributed by atoms with E-state index in [-0.39, 0.29) is 12.8 Å². The predicted molar refractivity (Wildman–Crippen MR) is 42.5 cm³/mol. The fourth-order valence-electron chi connectivity index (χ4n) is 1.52. The monoisotopic (exact) mass is 179 g/mol. The molecular weight excluding hydrogens is 170 g/mol. The van der Waals surface area contributed by atoms with Crippen molar-refractivity contribution in [3.63, 3.8) is 0 Å². The average Bonchev–Trinajstić information content (AvgIpc) is 2.02. The van der Waals surface area contributed by atoms with Crippen molar-refractivity contribution in [2.75, 3.05) is 0 Å². The number of ketones is 3. The number of Topliss-reactive ketones (excluding diaryl/α,β-unsaturated/α-hetero) is 3. The highest BCUT2D eigenvalue weighted by atomic mass is 16.2. The van der Waals surface area contributed by atoms with Gasteiger partial charge in [-0.3, -0.25) is 14.4 Å². The Balaban J connectivity index is 2.84. The fourth-order valence-corrected chi connectivity index (χ4v) is 1.52. The maximum atomic E-state index is 11.2. The quantitative estimate of drug-likeness (QED) is 0.541. The van der Waals surface area contributed by atoms with Gasteiger partial charge in [-0.1, -0.05) is 0 Å². The molecule has 0 heterocycles. The molecule has 0 amide bonds. The Bertz CT molecular complexity index is 295. The molecule has 4 nitrogen and oxygen atoms in total. The van der Waals surface area contributed by atoms with Crippen molar-refractivity contribution < 1.29 is 14.4 Å². The van der Waals surface area contributed by atoms with Crippen molar-refractivity contribution >= 4 is 17.3 Å². The van der Waals surface area contributed by atoms with E-state index >= 15 is 0 Å². The second kappa shape index (κ2) is 3.48. The van der Waals surface area contributed by atoms with Crippen LogP contribution in [0.4, 0.5) is 0 Å². The molecule has 4 heteroatoms. The molecule has 0 bridgehead atoms. The predicted octanol–water partition coefficient (Wildman–Crippen LogP) is 0.263. The van der Waals surface area contributed by atoms with Crippen LogP contribution in [0.3, 0.4) is 0 Å². The van der Waals surface area contributed by atoms with Gasteiger partial charge in [-0.15, -0.1) is 0 Å². The zero-order chi connectivity index (χ0) is 10.0. The highest BCUT2D eigenvalue weighted by Crippen LogP contribution is 2.23. The molecule has 1 fully saturated rings. The van der Waals surface area contributed by atoms with Gasteiger partial charge in [-0.2, -0.15) is 5.26 Å². The van der Waals surface area contributed by atoms with Gasteiger partial charge in [0.1, 0.15) is 11.7 Å². The number of hydrogen-bond donors (Lipinski definition) is 0. The van der Waals surface area contributed by atoms with Gasteiger partial charge in [0, 0.05) is 12.8 Å². The van der Waals surface area contributed by atoms with Crippen LogP contribution >= 0.6 is 0 Å². The minimum atomic E-state index is -1.09. The first-order valence-electron chi connectivity index (χ1n) is 4.01. The standard InChI is InChI=1S/C9H9NO3/c1-5(11)9-7(12)2-6(4-10)3-8(9)13/h6,9H,2-3H2,1H3. The largest absolute Gasteiger partial charge is 0.299 e. The van der Waals surface area contributed by atoms with E-state index in [1.165, 1.54) is 6.92 Å². The van der Waals surface area contributed by atoms with Gasteiger partial charge in [0.05, 0.1) is 12.0 Å². The smallest absolute Gasteiger partial charge is 0.152 e. The van der Waals surface area contributed by atoms with Gasteiger partial charge in [-0.25, -0.2) is 0 Å². The number of carbonyl (C=O) groups excluding carboxylic acids is 3. The van der Waals surface area contributed by atoms with Crippen molar-refractivity contribution in [2.45, 2.75) is 19.8 Å². The summed E-state index contributed by atoms with van der Waals surface area (Å²) in [6.45, 7) is 1.23. The Morgan fingerprint density at radius 2 is 1.85 bits per heavy atom. The van der Waals surface area contributed by atoms with E-state index in [1.807, 2.05) is 6.07 Å². The van der Waals surface area contributed by atoms with Crippen LogP contribution in [0.25, 0.3) is 0 Å². The lowest BCUT2D eigenvalue weighted by atomic mass is 9.79. The van der Waals surface area contributed by atoms with Gasteiger partial charge < -0.3 is 0 Å². The van der Waals surface area contributed by atoms with Crippen molar-refractivity contribution in [3.05, 3.63) is 0 Å². The van der Waals surface area contributed by atoms with Gasteiger partial charge in [0.25, 0.3) is 0 Å². The van der Waals surface area contributed by atoms with Crippen LogP contribution in [0.2, 0.25) is 0 Å². The van der Waals surface area contributed by atoms with Gasteiger partial charge >= 0.3 is 0 Å². The van der Waals surface area contributed by atoms with E-state index in [2.05, 4.69) is 0 Å². The molecule has 0 saturated heterocycles. The van der Waals surface area contributed by atoms with Crippen molar-refractivity contribution in [1.29, 1.82) is 5.26 Å². The summed E-state index contributed by atoms with van der Waals surface area (Å²) in [6, 6.07) is 1.87. The van der Waals surface area contributed by atoms with Crippen LogP contribution in [0.5, 0.6) is 0 Å². The second-order valence-electron chi connectivity index (χ2n) is 3.21. The number of carbonyl (C=O) groups is 3. The van der Waals surface area contributed by atoms with E-state index in [9.17, 15) is 14.4 Å². The van der Waals surface area contributed by atoms with E-state index < -0.39 is 29.2 Å². The maximum absolute atomic E-state index is 11.2. The van der Waals surface area contributed by atoms with Crippen LogP contribution in [-0.4, -0.2) is 17.3 Å². The van der Waals surface area contributed by atoms with Gasteiger partial charge in [0.15, 0.2) is 11.6 Å². The minimum absolute atomic E-state index is 0.0342. The van der Waals surface area contributed by atoms with Crippen LogP contribution < -0.4 is 0 Å². The molecule has 0 atom stereocenters. The van der Waals surface area contributed by atoms with Crippen LogP contribution in [0, 0.1) is 23.2 Å². The number of rotatable bonds is 1. The SMILES string of the molecule is CC(=O)C1C(=O)CC(C#N)CC1=O. The summed E-state index contributed by atoms with van der Waals surface area (Å²) in [6.07, 6.45) is 0.0684. The second-order valence-corrected chi connectivity index (χ2v) is 3.21. The third kappa shape index (κ3) is 1.81. The Morgan fingerprint density at radius 1 is 1.38 bits per heavy atom. The highest BCUT2D eigenvalue weighted by molar-refractivity contribution is 6.20. The summed E-state index contributed by atoms with van der Waals surface area (Å²) in [5.74, 6) is -2.85. The Labute approximate surface area is 75.5 Å². The Morgan fingerprint density at radius 3 is 2.15 bits per heavy atom. The first-order chi connectivity index (χ1) is 6.06. The summed E-state index contributed by atoms with van der Waals surface area (Å²) >= 11 is 0. The number of nitrogens with zero attached hydrogens (tertiary/aromatic N) is 1. The zero-order valence-corrected chi connectivity index (χ0v) is 7.24. The summed E-state index contributed by atoms with van der Waals surface area (Å²) < 4.78 is 0. The lowest BCUT2D eigenvalue weighted by molar-refractivity contribution is -0.142. The number of hydrogen-bond acceptors (Lipinski definition) is 4. The summed E-state index contributed by atoms with van der Waals surface area (Å²) in [5, 5.41) is 8.51. The molecule has 0 N–H and O–H groups in total. The topological polar surface area (TPSA) is 75.0 Å². The van der Waals surface area contributed by atoms with Crippen LogP contribution in [0.15, 0.2) is 0 Å². The Hall–Kier alpha value is -1.50. The average molecular weight is 179 g/mol. The molecule has 1 aliphatic carbocycles. The summed E-state index contributed by atoms with van der Waals surface area (Å²) in [4.78, 5) is 33.3. The van der Waals surface area contributed by atoms with E-state index in [0.717, 1.165) is 0 Å². The molecule has 0 aromatic rings. The summed E-state index contributed by atoms with van der Waals surface area (Å²) in [5.41, 5.74) is 0. The molecular formula is C9H9NO3. The molecule has 0 aliphatic heterocycles.